The first-order chi connectivity index (χ1) is 6.06. The Hall–Kier alpha value is -1.05. The molecule has 2 heteroatoms. The highest BCUT2D eigenvalue weighted by Gasteiger charge is 2.08. The van der Waals surface area contributed by atoms with E-state index in [1.807, 2.05) is 6.92 Å². The van der Waals surface area contributed by atoms with Crippen LogP contribution in [0.1, 0.15) is 36.7 Å². The second-order valence-corrected chi connectivity index (χ2v) is 3.63. The molecule has 1 heterocycles. The lowest BCUT2D eigenvalue weighted by Gasteiger charge is -2.12. The Morgan fingerprint density at radius 3 is 2.38 bits per heavy atom. The van der Waals surface area contributed by atoms with Crippen molar-refractivity contribution in [3.8, 4) is 5.75 Å². The van der Waals surface area contributed by atoms with Gasteiger partial charge in [0, 0.05) is 5.69 Å². The lowest BCUT2D eigenvalue weighted by atomic mass is 10.0. The van der Waals surface area contributed by atoms with Gasteiger partial charge in [-0.25, -0.2) is 0 Å². The molecule has 2 nitrogen and oxygen atoms in total. The molecule has 72 valence electrons. The van der Waals surface area contributed by atoms with Crippen molar-refractivity contribution < 1.29 is 4.74 Å². The van der Waals surface area contributed by atoms with Crippen molar-refractivity contribution in [2.24, 2.45) is 0 Å². The van der Waals surface area contributed by atoms with Gasteiger partial charge in [-0.2, -0.15) is 0 Å². The lowest BCUT2D eigenvalue weighted by Crippen LogP contribution is -2.00. The van der Waals surface area contributed by atoms with E-state index in [1.54, 1.807) is 7.11 Å². The molecule has 0 fully saturated rings. The van der Waals surface area contributed by atoms with Crippen LogP contribution in [0, 0.1) is 13.8 Å². The van der Waals surface area contributed by atoms with Crippen LogP contribution in [0.25, 0.3) is 0 Å². The molecule has 0 amide bonds. The molecule has 0 saturated heterocycles. The van der Waals surface area contributed by atoms with Crippen LogP contribution in [0.5, 0.6) is 5.75 Å². The summed E-state index contributed by atoms with van der Waals surface area (Å²) < 4.78 is 5.20. The third-order valence-corrected chi connectivity index (χ3v) is 2.16. The molecule has 0 unspecified atom stereocenters. The molecule has 13 heavy (non-hydrogen) atoms. The van der Waals surface area contributed by atoms with Crippen LogP contribution in [0.3, 0.4) is 0 Å². The molecule has 0 saturated carbocycles. The fourth-order valence-corrected chi connectivity index (χ4v) is 1.49. The molecule has 0 atom stereocenters. The molecular formula is C11H17NO. The molecule has 1 aromatic heterocycles. The summed E-state index contributed by atoms with van der Waals surface area (Å²) in [6, 6.07) is 2.05. The van der Waals surface area contributed by atoms with Crippen LogP contribution in [0.2, 0.25) is 0 Å². The topological polar surface area (TPSA) is 22.1 Å². The van der Waals surface area contributed by atoms with Crippen molar-refractivity contribution in [1.82, 2.24) is 4.98 Å². The van der Waals surface area contributed by atoms with E-state index < -0.39 is 0 Å². The molecule has 0 aliphatic heterocycles. The third-order valence-electron chi connectivity index (χ3n) is 2.16. The molecule has 0 radical (unpaired) electrons. The van der Waals surface area contributed by atoms with E-state index in [1.165, 1.54) is 11.3 Å². The van der Waals surface area contributed by atoms with Gasteiger partial charge in [0.1, 0.15) is 5.75 Å². The number of aromatic nitrogens is 1. The van der Waals surface area contributed by atoms with Crippen LogP contribution in [0.15, 0.2) is 6.07 Å². The zero-order valence-electron chi connectivity index (χ0n) is 9.01. The summed E-state index contributed by atoms with van der Waals surface area (Å²) in [6.07, 6.45) is 0. The summed E-state index contributed by atoms with van der Waals surface area (Å²) >= 11 is 0. The fraction of sp³-hybridized carbons (Fsp3) is 0.545. The van der Waals surface area contributed by atoms with Gasteiger partial charge in [0.25, 0.3) is 0 Å². The van der Waals surface area contributed by atoms with Gasteiger partial charge in [-0.1, -0.05) is 13.8 Å². The number of hydrogen-bond acceptors (Lipinski definition) is 2. The van der Waals surface area contributed by atoms with E-state index >= 15 is 0 Å². The second kappa shape index (κ2) is 3.77. The lowest BCUT2D eigenvalue weighted by molar-refractivity contribution is 0.408. The molecule has 0 aliphatic carbocycles. The Kier molecular flexibility index (Phi) is 2.91. The SMILES string of the molecule is COc1cc(C)c(C(C)C)nc1C. The van der Waals surface area contributed by atoms with Gasteiger partial charge in [-0.15, -0.1) is 0 Å². The van der Waals surface area contributed by atoms with Crippen molar-refractivity contribution in [2.45, 2.75) is 33.6 Å². The summed E-state index contributed by atoms with van der Waals surface area (Å²) in [5.41, 5.74) is 3.34. The Morgan fingerprint density at radius 2 is 1.92 bits per heavy atom. The predicted octanol–water partition coefficient (Wildman–Crippen LogP) is 2.83. The molecule has 0 N–H and O–H groups in total. The van der Waals surface area contributed by atoms with Crippen LogP contribution >= 0.6 is 0 Å². The average molecular weight is 179 g/mol. The van der Waals surface area contributed by atoms with Gasteiger partial charge in [0.05, 0.1) is 12.8 Å². The maximum absolute atomic E-state index is 5.20. The van der Waals surface area contributed by atoms with Gasteiger partial charge in [0.15, 0.2) is 0 Å². The number of ether oxygens (including phenoxy) is 1. The molecule has 0 aliphatic rings. The number of rotatable bonds is 2. The summed E-state index contributed by atoms with van der Waals surface area (Å²) in [7, 11) is 1.68. The van der Waals surface area contributed by atoms with Gasteiger partial charge in [0.2, 0.25) is 0 Å². The van der Waals surface area contributed by atoms with Crippen LogP contribution in [-0.4, -0.2) is 12.1 Å². The van der Waals surface area contributed by atoms with E-state index in [4.69, 9.17) is 4.74 Å². The summed E-state index contributed by atoms with van der Waals surface area (Å²) in [4.78, 5) is 4.52. The van der Waals surface area contributed by atoms with Crippen LogP contribution in [-0.2, 0) is 0 Å². The number of aryl methyl sites for hydroxylation is 2. The van der Waals surface area contributed by atoms with Gasteiger partial charge in [-0.3, -0.25) is 4.98 Å². The number of pyridine rings is 1. The highest BCUT2D eigenvalue weighted by molar-refractivity contribution is 5.35. The predicted molar refractivity (Wildman–Crippen MR) is 54.4 cm³/mol. The molecule has 0 spiro atoms. The van der Waals surface area contributed by atoms with Crippen molar-refractivity contribution in [2.75, 3.05) is 7.11 Å². The van der Waals surface area contributed by atoms with Gasteiger partial charge < -0.3 is 4.74 Å². The highest BCUT2D eigenvalue weighted by atomic mass is 16.5. The van der Waals surface area contributed by atoms with Crippen LogP contribution in [0.4, 0.5) is 0 Å². The highest BCUT2D eigenvalue weighted by Crippen LogP contribution is 2.23. The summed E-state index contributed by atoms with van der Waals surface area (Å²) in [6.45, 7) is 8.36. The van der Waals surface area contributed by atoms with E-state index in [0.717, 1.165) is 11.4 Å². The molecule has 1 aromatic rings. The third kappa shape index (κ3) is 2.00. The first-order valence-electron chi connectivity index (χ1n) is 4.58. The number of nitrogens with zero attached hydrogens (tertiary/aromatic N) is 1. The minimum absolute atomic E-state index is 0.476. The van der Waals surface area contributed by atoms with E-state index in [-0.39, 0.29) is 0 Å². The van der Waals surface area contributed by atoms with Crippen molar-refractivity contribution >= 4 is 0 Å². The Bertz CT molecular complexity index is 305. The van der Waals surface area contributed by atoms with Crippen molar-refractivity contribution in [3.05, 3.63) is 23.0 Å². The second-order valence-electron chi connectivity index (χ2n) is 3.63. The molecule has 0 aromatic carbocycles. The average Bonchev–Trinajstić information content (AvgIpc) is 2.07. The normalized spacial score (nSPS) is 10.6. The van der Waals surface area contributed by atoms with Crippen LogP contribution < -0.4 is 4.74 Å². The fourth-order valence-electron chi connectivity index (χ4n) is 1.49. The maximum atomic E-state index is 5.20. The van der Waals surface area contributed by atoms with Gasteiger partial charge >= 0.3 is 0 Å². The first-order valence-corrected chi connectivity index (χ1v) is 4.58. The zero-order chi connectivity index (χ0) is 10.0. The number of methoxy groups -OCH3 is 1. The maximum Gasteiger partial charge on any atom is 0.140 e. The largest absolute Gasteiger partial charge is 0.495 e. The minimum atomic E-state index is 0.476. The Balaban J connectivity index is 3.20. The van der Waals surface area contributed by atoms with Crippen molar-refractivity contribution in [1.29, 1.82) is 0 Å². The van der Waals surface area contributed by atoms with Crippen molar-refractivity contribution in [3.63, 3.8) is 0 Å². The summed E-state index contributed by atoms with van der Waals surface area (Å²) in [5.74, 6) is 1.35. The Labute approximate surface area is 80.0 Å². The molecule has 0 bridgehead atoms. The van der Waals surface area contributed by atoms with E-state index in [0.29, 0.717) is 5.92 Å². The quantitative estimate of drug-likeness (QED) is 0.696. The van der Waals surface area contributed by atoms with Gasteiger partial charge in [-0.05, 0) is 31.4 Å². The molecular weight excluding hydrogens is 162 g/mol. The standard InChI is InChI=1S/C11H17NO/c1-7(2)11-8(3)6-10(13-5)9(4)12-11/h6-7H,1-5H3. The molecule has 1 rings (SSSR count). The summed E-state index contributed by atoms with van der Waals surface area (Å²) in [5, 5.41) is 0. The Morgan fingerprint density at radius 1 is 1.31 bits per heavy atom. The van der Waals surface area contributed by atoms with E-state index in [2.05, 4.69) is 31.8 Å². The monoisotopic (exact) mass is 179 g/mol. The minimum Gasteiger partial charge on any atom is -0.495 e. The first kappa shape index (κ1) is 10.0. The smallest absolute Gasteiger partial charge is 0.140 e. The zero-order valence-corrected chi connectivity index (χ0v) is 9.01. The van der Waals surface area contributed by atoms with E-state index in [9.17, 15) is 0 Å². The number of hydrogen-bond donors (Lipinski definition) is 0.